The summed E-state index contributed by atoms with van der Waals surface area (Å²) >= 11 is 0. The van der Waals surface area contributed by atoms with Gasteiger partial charge >= 0.3 is 0 Å². The molecule has 0 bridgehead atoms. The molecule has 2 aliphatic rings. The molecule has 0 aromatic heterocycles. The van der Waals surface area contributed by atoms with Crippen LogP contribution in [0.25, 0.3) is 0 Å². The molecule has 4 nitrogen and oxygen atoms in total. The predicted octanol–water partition coefficient (Wildman–Crippen LogP) is 0.784. The van der Waals surface area contributed by atoms with E-state index < -0.39 is 0 Å². The molecular weight excluding hydrogens is 228 g/mol. The topological polar surface area (TPSA) is 55.6 Å². The number of halogens is 1. The van der Waals surface area contributed by atoms with Crippen LogP contribution >= 0.6 is 12.4 Å². The smallest absolute Gasteiger partial charge is 0.225 e. The fraction of sp³-hybridized carbons (Fsp3) is 0.909. The molecular formula is C11H21ClN2O2. The van der Waals surface area contributed by atoms with Gasteiger partial charge in [0.2, 0.25) is 5.91 Å². The van der Waals surface area contributed by atoms with Gasteiger partial charge in [0, 0.05) is 25.6 Å². The van der Waals surface area contributed by atoms with E-state index >= 15 is 0 Å². The number of rotatable bonds is 2. The molecule has 0 spiro atoms. The van der Waals surface area contributed by atoms with Crippen LogP contribution in [-0.4, -0.2) is 43.2 Å². The first-order chi connectivity index (χ1) is 7.31. The van der Waals surface area contributed by atoms with Crippen LogP contribution in [0.5, 0.6) is 0 Å². The Bertz CT molecular complexity index is 232. The predicted molar refractivity (Wildman–Crippen MR) is 64.6 cm³/mol. The summed E-state index contributed by atoms with van der Waals surface area (Å²) in [7, 11) is 0. The molecule has 2 rings (SSSR count). The summed E-state index contributed by atoms with van der Waals surface area (Å²) in [4.78, 5) is 14.0. The summed E-state index contributed by atoms with van der Waals surface area (Å²) in [5.74, 6) is 0.607. The van der Waals surface area contributed by atoms with Crippen molar-refractivity contribution >= 4 is 18.3 Å². The van der Waals surface area contributed by atoms with Gasteiger partial charge in [-0.25, -0.2) is 0 Å². The van der Waals surface area contributed by atoms with Crippen LogP contribution in [-0.2, 0) is 9.53 Å². The molecule has 1 amide bonds. The second kappa shape index (κ2) is 6.42. The summed E-state index contributed by atoms with van der Waals surface area (Å²) < 4.78 is 5.45. The number of ether oxygens (including phenoxy) is 1. The zero-order valence-electron chi connectivity index (χ0n) is 9.56. The van der Waals surface area contributed by atoms with Gasteiger partial charge in [0.15, 0.2) is 0 Å². The molecule has 94 valence electrons. The fourth-order valence-electron chi connectivity index (χ4n) is 2.49. The number of nitrogens with zero attached hydrogens (tertiary/aromatic N) is 1. The first kappa shape index (κ1) is 13.7. The van der Waals surface area contributed by atoms with Gasteiger partial charge in [0.05, 0.1) is 12.7 Å². The van der Waals surface area contributed by atoms with Crippen LogP contribution in [0.2, 0.25) is 0 Å². The second-order valence-corrected chi connectivity index (χ2v) is 4.49. The normalized spacial score (nSPS) is 26.6. The number of carbonyl (C=O) groups excluding carboxylic acids is 1. The van der Waals surface area contributed by atoms with E-state index in [4.69, 9.17) is 10.5 Å². The SMILES string of the molecule is Cl.NCC1CN(C(=O)C2CCCC2)CCO1. The highest BCUT2D eigenvalue weighted by Gasteiger charge is 2.30. The minimum Gasteiger partial charge on any atom is -0.373 e. The minimum atomic E-state index is 0. The Kier molecular flexibility index (Phi) is 5.52. The number of morpholine rings is 1. The van der Waals surface area contributed by atoms with Crippen LogP contribution in [0, 0.1) is 5.92 Å². The third-order valence-electron chi connectivity index (χ3n) is 3.42. The van der Waals surface area contributed by atoms with Crippen molar-refractivity contribution in [1.29, 1.82) is 0 Å². The number of hydrogen-bond acceptors (Lipinski definition) is 3. The number of hydrogen-bond donors (Lipinski definition) is 1. The van der Waals surface area contributed by atoms with E-state index in [0.717, 1.165) is 19.4 Å². The zero-order valence-corrected chi connectivity index (χ0v) is 10.4. The van der Waals surface area contributed by atoms with Crippen molar-refractivity contribution in [2.75, 3.05) is 26.2 Å². The van der Waals surface area contributed by atoms with E-state index in [1.807, 2.05) is 4.90 Å². The van der Waals surface area contributed by atoms with Gasteiger partial charge in [-0.1, -0.05) is 12.8 Å². The van der Waals surface area contributed by atoms with Crippen LogP contribution in [0.4, 0.5) is 0 Å². The standard InChI is InChI=1S/C11H20N2O2.ClH/c12-7-10-8-13(5-6-15-10)11(14)9-3-1-2-4-9;/h9-10H,1-8,12H2;1H. The molecule has 1 saturated heterocycles. The van der Waals surface area contributed by atoms with Gasteiger partial charge in [0.1, 0.15) is 0 Å². The molecule has 1 aliphatic heterocycles. The Hall–Kier alpha value is -0.320. The number of nitrogens with two attached hydrogens (primary N) is 1. The molecule has 0 aromatic carbocycles. The van der Waals surface area contributed by atoms with E-state index in [1.54, 1.807) is 0 Å². The Morgan fingerprint density at radius 2 is 2.06 bits per heavy atom. The van der Waals surface area contributed by atoms with Gasteiger partial charge in [0.25, 0.3) is 0 Å². The van der Waals surface area contributed by atoms with Crippen molar-refractivity contribution in [2.45, 2.75) is 31.8 Å². The largest absolute Gasteiger partial charge is 0.373 e. The maximum atomic E-state index is 12.1. The van der Waals surface area contributed by atoms with Crippen LogP contribution in [0.3, 0.4) is 0 Å². The molecule has 2 fully saturated rings. The van der Waals surface area contributed by atoms with Crippen LogP contribution in [0.1, 0.15) is 25.7 Å². The lowest BCUT2D eigenvalue weighted by Gasteiger charge is -2.33. The van der Waals surface area contributed by atoms with Crippen molar-refractivity contribution in [2.24, 2.45) is 11.7 Å². The number of carbonyl (C=O) groups is 1. The van der Waals surface area contributed by atoms with Crippen molar-refractivity contribution in [3.63, 3.8) is 0 Å². The Labute approximate surface area is 103 Å². The average Bonchev–Trinajstić information content (AvgIpc) is 2.81. The third-order valence-corrected chi connectivity index (χ3v) is 3.42. The van der Waals surface area contributed by atoms with Gasteiger partial charge in [-0.2, -0.15) is 0 Å². The highest BCUT2D eigenvalue weighted by Crippen LogP contribution is 2.27. The Balaban J connectivity index is 0.00000128. The zero-order chi connectivity index (χ0) is 10.7. The van der Waals surface area contributed by atoms with Gasteiger partial charge in [-0.05, 0) is 12.8 Å². The van der Waals surface area contributed by atoms with Crippen molar-refractivity contribution < 1.29 is 9.53 Å². The molecule has 16 heavy (non-hydrogen) atoms. The van der Waals surface area contributed by atoms with Gasteiger partial charge in [-0.15, -0.1) is 12.4 Å². The lowest BCUT2D eigenvalue weighted by molar-refractivity contribution is -0.142. The van der Waals surface area contributed by atoms with E-state index in [2.05, 4.69) is 0 Å². The molecule has 1 atom stereocenters. The molecule has 1 saturated carbocycles. The molecule has 0 radical (unpaired) electrons. The molecule has 2 N–H and O–H groups in total. The second-order valence-electron chi connectivity index (χ2n) is 4.49. The van der Waals surface area contributed by atoms with Crippen molar-refractivity contribution in [1.82, 2.24) is 4.90 Å². The highest BCUT2D eigenvalue weighted by atomic mass is 35.5. The maximum absolute atomic E-state index is 12.1. The first-order valence-electron chi connectivity index (χ1n) is 5.91. The number of amides is 1. The van der Waals surface area contributed by atoms with Crippen LogP contribution < -0.4 is 5.73 Å². The summed E-state index contributed by atoms with van der Waals surface area (Å²) in [5, 5.41) is 0. The van der Waals surface area contributed by atoms with Crippen molar-refractivity contribution in [3.05, 3.63) is 0 Å². The van der Waals surface area contributed by atoms with Gasteiger partial charge < -0.3 is 15.4 Å². The van der Waals surface area contributed by atoms with E-state index in [9.17, 15) is 4.79 Å². The van der Waals surface area contributed by atoms with Gasteiger partial charge in [-0.3, -0.25) is 4.79 Å². The van der Waals surface area contributed by atoms with Crippen molar-refractivity contribution in [3.8, 4) is 0 Å². The molecule has 0 aromatic rings. The van der Waals surface area contributed by atoms with E-state index in [1.165, 1.54) is 12.8 Å². The quantitative estimate of drug-likeness (QED) is 0.786. The lowest BCUT2D eigenvalue weighted by atomic mass is 10.1. The first-order valence-corrected chi connectivity index (χ1v) is 5.91. The highest BCUT2D eigenvalue weighted by molar-refractivity contribution is 5.85. The fourth-order valence-corrected chi connectivity index (χ4v) is 2.49. The van der Waals surface area contributed by atoms with E-state index in [0.29, 0.717) is 25.6 Å². The molecule has 5 heteroatoms. The lowest BCUT2D eigenvalue weighted by Crippen LogP contribution is -2.49. The Morgan fingerprint density at radius 3 is 2.69 bits per heavy atom. The summed E-state index contributed by atoms with van der Waals surface area (Å²) in [6.45, 7) is 2.58. The van der Waals surface area contributed by atoms with E-state index in [-0.39, 0.29) is 24.4 Å². The monoisotopic (exact) mass is 248 g/mol. The maximum Gasteiger partial charge on any atom is 0.225 e. The minimum absolute atomic E-state index is 0. The van der Waals surface area contributed by atoms with Crippen LogP contribution in [0.15, 0.2) is 0 Å². The summed E-state index contributed by atoms with van der Waals surface area (Å²) in [6, 6.07) is 0. The molecule has 1 heterocycles. The Morgan fingerprint density at radius 1 is 1.38 bits per heavy atom. The summed E-state index contributed by atoms with van der Waals surface area (Å²) in [5.41, 5.74) is 5.56. The summed E-state index contributed by atoms with van der Waals surface area (Å²) in [6.07, 6.45) is 4.61. The molecule has 1 aliphatic carbocycles. The molecule has 1 unspecified atom stereocenters. The average molecular weight is 249 g/mol. The third kappa shape index (κ3) is 3.09.